The summed E-state index contributed by atoms with van der Waals surface area (Å²) in [6.45, 7) is 10.4. The number of methoxy groups -OCH3 is 1. The number of hydrogen-bond donors (Lipinski definition) is 1. The fourth-order valence-corrected chi connectivity index (χ4v) is 4.50. The van der Waals surface area contributed by atoms with Gasteiger partial charge in [0.15, 0.2) is 11.6 Å². The van der Waals surface area contributed by atoms with Gasteiger partial charge in [-0.15, -0.1) is 10.2 Å². The van der Waals surface area contributed by atoms with Crippen molar-refractivity contribution < 1.29 is 13.2 Å². The molecule has 0 aliphatic rings. The molecule has 0 bridgehead atoms. The molecular formula is C22H28ClN5O3S. The summed E-state index contributed by atoms with van der Waals surface area (Å²) in [7, 11) is -2.30. The van der Waals surface area contributed by atoms with Crippen molar-refractivity contribution in [3.8, 4) is 11.5 Å². The van der Waals surface area contributed by atoms with Crippen LogP contribution in [0.4, 0.5) is 5.69 Å². The van der Waals surface area contributed by atoms with E-state index in [-0.39, 0.29) is 39.5 Å². The van der Waals surface area contributed by atoms with Crippen LogP contribution < -0.4 is 4.72 Å². The molecule has 1 N–H and O–H groups in total. The third-order valence-electron chi connectivity index (χ3n) is 4.90. The van der Waals surface area contributed by atoms with Gasteiger partial charge in [0.1, 0.15) is 17.5 Å². The van der Waals surface area contributed by atoms with Gasteiger partial charge in [-0.2, -0.15) is 0 Å². The van der Waals surface area contributed by atoms with E-state index in [4.69, 9.17) is 16.3 Å². The summed E-state index contributed by atoms with van der Waals surface area (Å²) in [6.07, 6.45) is 0. The van der Waals surface area contributed by atoms with Crippen LogP contribution in [0.3, 0.4) is 0 Å². The number of aromatic nitrogens is 4. The molecule has 32 heavy (non-hydrogen) atoms. The summed E-state index contributed by atoms with van der Waals surface area (Å²) in [5, 5.41) is 8.65. The normalized spacial score (nSPS) is 12.4. The Morgan fingerprint density at radius 2 is 1.75 bits per heavy atom. The van der Waals surface area contributed by atoms with Crippen molar-refractivity contribution in [2.24, 2.45) is 0 Å². The van der Waals surface area contributed by atoms with E-state index in [1.54, 1.807) is 25.3 Å². The molecule has 0 atom stereocenters. The molecule has 10 heteroatoms. The zero-order valence-corrected chi connectivity index (χ0v) is 20.6. The molecule has 8 nitrogen and oxygen atoms in total. The lowest BCUT2D eigenvalue weighted by atomic mass is 9.87. The Morgan fingerprint density at radius 1 is 1.09 bits per heavy atom. The highest BCUT2D eigenvalue weighted by atomic mass is 35.5. The molecular weight excluding hydrogens is 450 g/mol. The highest BCUT2D eigenvalue weighted by molar-refractivity contribution is 7.92. The summed E-state index contributed by atoms with van der Waals surface area (Å²) >= 11 is 6.14. The molecule has 3 rings (SSSR count). The first kappa shape index (κ1) is 24.2. The van der Waals surface area contributed by atoms with Gasteiger partial charge in [-0.05, 0) is 49.1 Å². The van der Waals surface area contributed by atoms with Crippen LogP contribution in [0.15, 0.2) is 41.3 Å². The molecule has 2 heterocycles. The standard InChI is InChI=1S/C22H28ClN5O3S/c1-14(2)28-19(13-31-6)25-26-21(28)20-17(11-12-18(23)24-20)27-32(29,30)16-9-7-15(8-10-16)22(3,4)5/h7-12,14,27H,13H2,1-6H3. The van der Waals surface area contributed by atoms with Crippen molar-refractivity contribution in [1.29, 1.82) is 0 Å². The van der Waals surface area contributed by atoms with E-state index in [1.807, 2.05) is 30.5 Å². The molecule has 3 aromatic rings. The minimum atomic E-state index is -3.87. The van der Waals surface area contributed by atoms with E-state index in [0.29, 0.717) is 11.6 Å². The van der Waals surface area contributed by atoms with Gasteiger partial charge < -0.3 is 9.30 Å². The second kappa shape index (κ2) is 9.17. The monoisotopic (exact) mass is 477 g/mol. The molecule has 0 aliphatic heterocycles. The fraction of sp³-hybridized carbons (Fsp3) is 0.409. The van der Waals surface area contributed by atoms with Gasteiger partial charge in [0.2, 0.25) is 0 Å². The predicted molar refractivity (Wildman–Crippen MR) is 125 cm³/mol. The van der Waals surface area contributed by atoms with Gasteiger partial charge in [0.25, 0.3) is 10.0 Å². The van der Waals surface area contributed by atoms with E-state index in [1.165, 1.54) is 6.07 Å². The molecule has 2 aromatic heterocycles. The van der Waals surface area contributed by atoms with Crippen LogP contribution in [0, 0.1) is 0 Å². The Morgan fingerprint density at radius 3 is 2.31 bits per heavy atom. The quantitative estimate of drug-likeness (QED) is 0.490. The average molecular weight is 478 g/mol. The molecule has 0 unspecified atom stereocenters. The van der Waals surface area contributed by atoms with Crippen LogP contribution >= 0.6 is 11.6 Å². The average Bonchev–Trinajstić information content (AvgIpc) is 3.13. The molecule has 1 aromatic carbocycles. The number of pyridine rings is 1. The van der Waals surface area contributed by atoms with E-state index < -0.39 is 10.0 Å². The van der Waals surface area contributed by atoms with Crippen LogP contribution in [0.1, 0.15) is 52.0 Å². The Balaban J connectivity index is 2.04. The fourth-order valence-electron chi connectivity index (χ4n) is 3.28. The molecule has 0 spiro atoms. The highest BCUT2D eigenvalue weighted by Gasteiger charge is 2.24. The topological polar surface area (TPSA) is 99.0 Å². The Hall–Kier alpha value is -2.49. The number of hydrogen-bond acceptors (Lipinski definition) is 6. The third-order valence-corrected chi connectivity index (χ3v) is 6.50. The van der Waals surface area contributed by atoms with Crippen molar-refractivity contribution in [1.82, 2.24) is 19.7 Å². The van der Waals surface area contributed by atoms with Crippen LogP contribution in [0.5, 0.6) is 0 Å². The largest absolute Gasteiger partial charge is 0.377 e. The second-order valence-corrected chi connectivity index (χ2v) is 10.8. The molecule has 0 aliphatic carbocycles. The Labute approximate surface area is 194 Å². The van der Waals surface area contributed by atoms with Crippen LogP contribution in [0.2, 0.25) is 5.15 Å². The van der Waals surface area contributed by atoms with Crippen LogP contribution in [-0.2, 0) is 26.8 Å². The van der Waals surface area contributed by atoms with Crippen molar-refractivity contribution in [2.75, 3.05) is 11.8 Å². The number of benzene rings is 1. The summed E-state index contributed by atoms with van der Waals surface area (Å²) in [5.41, 5.74) is 1.51. The number of ether oxygens (including phenoxy) is 1. The number of nitrogens with zero attached hydrogens (tertiary/aromatic N) is 4. The number of nitrogens with one attached hydrogen (secondary N) is 1. The van der Waals surface area contributed by atoms with Gasteiger partial charge in [0, 0.05) is 13.2 Å². The maximum atomic E-state index is 13.1. The van der Waals surface area contributed by atoms with Gasteiger partial charge in [-0.1, -0.05) is 44.5 Å². The van der Waals surface area contributed by atoms with E-state index in [2.05, 4.69) is 40.7 Å². The lowest BCUT2D eigenvalue weighted by Crippen LogP contribution is -2.16. The first-order chi connectivity index (χ1) is 14.9. The van der Waals surface area contributed by atoms with E-state index in [9.17, 15) is 8.42 Å². The molecule has 0 radical (unpaired) electrons. The first-order valence-corrected chi connectivity index (χ1v) is 12.0. The Kier molecular flexibility index (Phi) is 6.92. The van der Waals surface area contributed by atoms with Crippen molar-refractivity contribution in [3.05, 3.63) is 52.9 Å². The van der Waals surface area contributed by atoms with Crippen molar-refractivity contribution >= 4 is 27.3 Å². The Bertz CT molecular complexity index is 1200. The van der Waals surface area contributed by atoms with Gasteiger partial charge >= 0.3 is 0 Å². The summed E-state index contributed by atoms with van der Waals surface area (Å²) in [5.74, 6) is 1.00. The summed E-state index contributed by atoms with van der Waals surface area (Å²) in [6, 6.07) is 9.92. The molecule has 0 saturated carbocycles. The molecule has 0 amide bonds. The zero-order chi connectivity index (χ0) is 23.7. The summed E-state index contributed by atoms with van der Waals surface area (Å²) in [4.78, 5) is 4.51. The second-order valence-electron chi connectivity index (χ2n) is 8.75. The zero-order valence-electron chi connectivity index (χ0n) is 19.0. The smallest absolute Gasteiger partial charge is 0.261 e. The molecule has 0 fully saturated rings. The molecule has 172 valence electrons. The number of halogens is 1. The SMILES string of the molecule is COCc1nnc(-c2nc(Cl)ccc2NS(=O)(=O)c2ccc(C(C)(C)C)cc2)n1C(C)C. The van der Waals surface area contributed by atoms with Gasteiger partial charge in [0.05, 0.1) is 10.6 Å². The molecule has 0 saturated heterocycles. The maximum Gasteiger partial charge on any atom is 0.261 e. The highest BCUT2D eigenvalue weighted by Crippen LogP contribution is 2.31. The first-order valence-electron chi connectivity index (χ1n) is 10.2. The number of sulfonamides is 1. The number of anilines is 1. The minimum Gasteiger partial charge on any atom is -0.377 e. The van der Waals surface area contributed by atoms with E-state index >= 15 is 0 Å². The lowest BCUT2D eigenvalue weighted by molar-refractivity contribution is 0.173. The minimum absolute atomic E-state index is 0.0136. The van der Waals surface area contributed by atoms with Gasteiger partial charge in [-0.3, -0.25) is 4.72 Å². The van der Waals surface area contributed by atoms with Crippen LogP contribution in [-0.4, -0.2) is 35.3 Å². The lowest BCUT2D eigenvalue weighted by Gasteiger charge is -2.19. The van der Waals surface area contributed by atoms with Crippen LogP contribution in [0.25, 0.3) is 11.5 Å². The summed E-state index contributed by atoms with van der Waals surface area (Å²) < 4.78 is 35.9. The van der Waals surface area contributed by atoms with Gasteiger partial charge in [-0.25, -0.2) is 13.4 Å². The van der Waals surface area contributed by atoms with E-state index in [0.717, 1.165) is 5.56 Å². The predicted octanol–water partition coefficient (Wildman–Crippen LogP) is 4.82. The van der Waals surface area contributed by atoms with Crippen molar-refractivity contribution in [2.45, 2.75) is 57.6 Å². The maximum absolute atomic E-state index is 13.1. The van der Waals surface area contributed by atoms with Crippen molar-refractivity contribution in [3.63, 3.8) is 0 Å². The number of rotatable bonds is 7. The third kappa shape index (κ3) is 5.11.